The van der Waals surface area contributed by atoms with Crippen LogP contribution in [0.3, 0.4) is 0 Å². The lowest BCUT2D eigenvalue weighted by atomic mass is 10.1. The number of benzene rings is 2. The number of carbonyl (C=O) groups excluding carboxylic acids is 4. The molecule has 6 N–H and O–H groups in total. The summed E-state index contributed by atoms with van der Waals surface area (Å²) in [7, 11) is 0. The number of imidazole rings is 2. The molecule has 1 aliphatic rings. The zero-order valence-corrected chi connectivity index (χ0v) is 33.3. The van der Waals surface area contributed by atoms with Crippen LogP contribution in [0.5, 0.6) is 5.75 Å². The van der Waals surface area contributed by atoms with Gasteiger partial charge in [0.1, 0.15) is 23.6 Å². The number of fused-ring (bicyclic) bond motifs is 2. The van der Waals surface area contributed by atoms with E-state index < -0.39 is 23.6 Å². The van der Waals surface area contributed by atoms with E-state index in [1.165, 1.54) is 0 Å². The fraction of sp³-hybridized carbons (Fsp3) is 0.350. The summed E-state index contributed by atoms with van der Waals surface area (Å²) in [6, 6.07) is 9.71. The maximum atomic E-state index is 13.7. The first kappa shape index (κ1) is 40.3. The number of anilines is 2. The molecule has 4 amide bonds. The standard InChI is InChI=1S/C40H46N12O7/c1-5-27-34(59-24(4)43-27)38(56)47-40-45-29-21-26(36(42)54)22-32(58-18-15-49-13-16-57-17-14-49)33(29)51(40)12-8-7-11-50-30-10-9-25(35(41)53)20-28(30)44-39(50)46-37(55)31-19-23(3)48-52(31)6-2/h7-10,19-22H,5-6,11-18H2,1-4H3,(H2,41,53)(H2,42,54)(H,44,46,55)(H,45,47,56)/b8-7+. The molecule has 0 aliphatic carbocycles. The molecule has 4 aromatic heterocycles. The van der Waals surface area contributed by atoms with Crippen molar-refractivity contribution in [3.05, 3.63) is 88.4 Å². The van der Waals surface area contributed by atoms with Crippen LogP contribution in [0.2, 0.25) is 0 Å². The lowest BCUT2D eigenvalue weighted by molar-refractivity contribution is 0.0323. The summed E-state index contributed by atoms with van der Waals surface area (Å²) in [4.78, 5) is 67.7. The van der Waals surface area contributed by atoms with Crippen LogP contribution in [-0.4, -0.2) is 102 Å². The van der Waals surface area contributed by atoms with Crippen LogP contribution in [-0.2, 0) is 30.8 Å². The minimum atomic E-state index is -0.664. The van der Waals surface area contributed by atoms with Gasteiger partial charge in [0.2, 0.25) is 29.5 Å². The van der Waals surface area contributed by atoms with E-state index in [0.29, 0.717) is 90.1 Å². The highest BCUT2D eigenvalue weighted by Gasteiger charge is 2.24. The number of nitrogens with two attached hydrogens (primary N) is 2. The molecule has 1 aliphatic heterocycles. The third-order valence-electron chi connectivity index (χ3n) is 9.87. The second kappa shape index (κ2) is 17.3. The van der Waals surface area contributed by atoms with Crippen molar-refractivity contribution in [1.82, 2.24) is 38.8 Å². The van der Waals surface area contributed by atoms with Gasteiger partial charge in [-0.2, -0.15) is 5.10 Å². The van der Waals surface area contributed by atoms with Gasteiger partial charge in [0.25, 0.3) is 11.8 Å². The predicted octanol–water partition coefficient (Wildman–Crippen LogP) is 3.44. The van der Waals surface area contributed by atoms with Gasteiger partial charge in [-0.1, -0.05) is 19.1 Å². The number of ether oxygens (including phenoxy) is 2. The second-order valence-electron chi connectivity index (χ2n) is 13.9. The summed E-state index contributed by atoms with van der Waals surface area (Å²) in [6.45, 7) is 11.9. The fourth-order valence-corrected chi connectivity index (χ4v) is 6.97. The zero-order valence-electron chi connectivity index (χ0n) is 33.3. The Morgan fingerprint density at radius 2 is 1.53 bits per heavy atom. The molecular formula is C40H46N12O7. The van der Waals surface area contributed by atoms with Crippen LogP contribution in [0.25, 0.3) is 22.1 Å². The molecule has 7 rings (SSSR count). The number of oxazole rings is 1. The Labute approximate surface area is 338 Å². The Morgan fingerprint density at radius 3 is 2.24 bits per heavy atom. The Balaban J connectivity index is 1.24. The summed E-state index contributed by atoms with van der Waals surface area (Å²) in [5.41, 5.74) is 15.3. The number of hydrogen-bond acceptors (Lipinski definition) is 12. The molecule has 0 bridgehead atoms. The molecule has 6 aromatic rings. The van der Waals surface area contributed by atoms with Gasteiger partial charge in [0.05, 0.1) is 41.2 Å². The van der Waals surface area contributed by atoms with Crippen LogP contribution in [0.1, 0.15) is 72.9 Å². The number of allylic oxidation sites excluding steroid dienone is 2. The van der Waals surface area contributed by atoms with Crippen molar-refractivity contribution in [1.29, 1.82) is 0 Å². The van der Waals surface area contributed by atoms with Crippen molar-refractivity contribution < 1.29 is 33.1 Å². The van der Waals surface area contributed by atoms with Crippen molar-refractivity contribution in [3.8, 4) is 5.75 Å². The molecule has 0 atom stereocenters. The van der Waals surface area contributed by atoms with Gasteiger partial charge >= 0.3 is 0 Å². The normalized spacial score (nSPS) is 13.4. The van der Waals surface area contributed by atoms with E-state index in [0.717, 1.165) is 13.1 Å². The molecule has 19 nitrogen and oxygen atoms in total. The third kappa shape index (κ3) is 8.70. The number of nitrogens with zero attached hydrogens (tertiary/aromatic N) is 8. The highest BCUT2D eigenvalue weighted by Crippen LogP contribution is 2.32. The molecule has 19 heteroatoms. The number of morpholine rings is 1. The Morgan fingerprint density at radius 1 is 0.847 bits per heavy atom. The fourth-order valence-electron chi connectivity index (χ4n) is 6.97. The van der Waals surface area contributed by atoms with Gasteiger partial charge < -0.3 is 34.5 Å². The van der Waals surface area contributed by atoms with Gasteiger partial charge in [0, 0.05) is 57.3 Å². The molecule has 0 unspecified atom stereocenters. The van der Waals surface area contributed by atoms with Crippen molar-refractivity contribution in [2.24, 2.45) is 11.5 Å². The van der Waals surface area contributed by atoms with Crippen LogP contribution in [0.4, 0.5) is 11.9 Å². The number of aromatic nitrogens is 7. The smallest absolute Gasteiger partial charge is 0.295 e. The lowest BCUT2D eigenvalue weighted by Gasteiger charge is -2.26. The molecule has 0 saturated carbocycles. The number of amides is 4. The number of carbonyl (C=O) groups is 4. The molecular weight excluding hydrogens is 761 g/mol. The molecule has 1 fully saturated rings. The minimum absolute atomic E-state index is 0.0668. The highest BCUT2D eigenvalue weighted by atomic mass is 16.5. The van der Waals surface area contributed by atoms with Gasteiger partial charge in [-0.25, -0.2) is 15.0 Å². The minimum Gasteiger partial charge on any atom is -0.490 e. The summed E-state index contributed by atoms with van der Waals surface area (Å²) in [6.07, 6.45) is 4.19. The van der Waals surface area contributed by atoms with E-state index in [9.17, 15) is 19.2 Å². The van der Waals surface area contributed by atoms with E-state index in [4.69, 9.17) is 30.3 Å². The van der Waals surface area contributed by atoms with Gasteiger partial charge in [-0.3, -0.25) is 39.4 Å². The molecule has 308 valence electrons. The number of aryl methyl sites for hydroxylation is 4. The maximum absolute atomic E-state index is 13.7. The van der Waals surface area contributed by atoms with E-state index >= 15 is 0 Å². The molecule has 59 heavy (non-hydrogen) atoms. The largest absolute Gasteiger partial charge is 0.490 e. The van der Waals surface area contributed by atoms with Gasteiger partial charge in [-0.05, 0) is 56.7 Å². The summed E-state index contributed by atoms with van der Waals surface area (Å²) >= 11 is 0. The maximum Gasteiger partial charge on any atom is 0.295 e. The van der Waals surface area contributed by atoms with Crippen LogP contribution < -0.4 is 26.8 Å². The van der Waals surface area contributed by atoms with Crippen molar-refractivity contribution in [2.75, 3.05) is 50.1 Å². The molecule has 1 saturated heterocycles. The lowest BCUT2D eigenvalue weighted by Crippen LogP contribution is -2.38. The van der Waals surface area contributed by atoms with E-state index in [1.54, 1.807) is 57.1 Å². The molecule has 0 spiro atoms. The molecule has 2 aromatic carbocycles. The topological polar surface area (TPSA) is 246 Å². The predicted molar refractivity (Wildman–Crippen MR) is 218 cm³/mol. The summed E-state index contributed by atoms with van der Waals surface area (Å²) in [5.74, 6) is -1.05. The molecule has 5 heterocycles. The second-order valence-corrected chi connectivity index (χ2v) is 13.9. The summed E-state index contributed by atoms with van der Waals surface area (Å²) < 4.78 is 22.6. The first-order valence-electron chi connectivity index (χ1n) is 19.3. The zero-order chi connectivity index (χ0) is 41.8. The number of nitrogens with one attached hydrogen (secondary N) is 2. The Hall–Kier alpha value is -6.86. The highest BCUT2D eigenvalue weighted by molar-refractivity contribution is 6.05. The third-order valence-corrected chi connectivity index (χ3v) is 9.87. The van der Waals surface area contributed by atoms with E-state index in [2.05, 4.69) is 30.6 Å². The van der Waals surface area contributed by atoms with Gasteiger partial charge in [0.15, 0.2) is 5.89 Å². The van der Waals surface area contributed by atoms with Crippen molar-refractivity contribution in [2.45, 2.75) is 53.8 Å². The quantitative estimate of drug-likeness (QED) is 0.103. The van der Waals surface area contributed by atoms with Crippen LogP contribution in [0.15, 0.2) is 53.0 Å². The van der Waals surface area contributed by atoms with Crippen molar-refractivity contribution in [3.63, 3.8) is 0 Å². The number of hydrogen-bond donors (Lipinski definition) is 4. The molecule has 0 radical (unpaired) electrons. The SMILES string of the molecule is CCc1nc(C)oc1C(=O)Nc1nc2cc(C(N)=O)cc(OCCN3CCOCC3)c2n1C/C=C/Cn1c(NC(=O)c2cc(C)nn2CC)nc2cc(C(N)=O)ccc21. The number of primary amides is 2. The van der Waals surface area contributed by atoms with E-state index in [-0.39, 0.29) is 41.9 Å². The average Bonchev–Trinajstić information content (AvgIpc) is 3.98. The van der Waals surface area contributed by atoms with Crippen LogP contribution >= 0.6 is 0 Å². The van der Waals surface area contributed by atoms with Gasteiger partial charge in [-0.15, -0.1) is 0 Å². The number of rotatable bonds is 16. The monoisotopic (exact) mass is 806 g/mol. The Bertz CT molecular complexity index is 2590. The first-order valence-corrected chi connectivity index (χ1v) is 19.3. The van der Waals surface area contributed by atoms with Crippen molar-refractivity contribution >= 4 is 57.6 Å². The van der Waals surface area contributed by atoms with E-state index in [1.807, 2.05) is 32.9 Å². The average molecular weight is 807 g/mol. The van der Waals surface area contributed by atoms with Crippen LogP contribution in [0, 0.1) is 13.8 Å². The Kier molecular flexibility index (Phi) is 11.8. The first-order chi connectivity index (χ1) is 28.4. The summed E-state index contributed by atoms with van der Waals surface area (Å²) in [5, 5.41) is 10.2.